The van der Waals surface area contributed by atoms with Crippen molar-refractivity contribution < 1.29 is 19.1 Å². The number of hydrogen-bond donors (Lipinski definition) is 2. The molecule has 2 aromatic carbocycles. The minimum Gasteiger partial charge on any atom is -0.465 e. The van der Waals surface area contributed by atoms with Crippen molar-refractivity contribution >= 4 is 29.5 Å². The topological polar surface area (TPSA) is 84.5 Å². The van der Waals surface area contributed by atoms with Gasteiger partial charge in [-0.15, -0.1) is 0 Å². The molecule has 0 unspecified atom stereocenters. The summed E-state index contributed by atoms with van der Waals surface area (Å²) in [5.74, 6) is -0.961. The van der Waals surface area contributed by atoms with Gasteiger partial charge in [-0.1, -0.05) is 18.2 Å². The molecule has 0 saturated heterocycles. The Bertz CT molecular complexity index is 855. The van der Waals surface area contributed by atoms with Gasteiger partial charge in [0.05, 0.1) is 12.7 Å². The van der Waals surface area contributed by atoms with Crippen molar-refractivity contribution in [2.75, 3.05) is 19.5 Å². The average molecular weight is 352 g/mol. The lowest BCUT2D eigenvalue weighted by Crippen LogP contribution is -2.17. The molecule has 134 valence electrons. The Morgan fingerprint density at radius 3 is 2.27 bits per heavy atom. The van der Waals surface area contributed by atoms with Crippen molar-refractivity contribution in [3.05, 3.63) is 70.8 Å². The van der Waals surface area contributed by atoms with E-state index in [4.69, 9.17) is 0 Å². The van der Waals surface area contributed by atoms with E-state index in [1.165, 1.54) is 13.2 Å². The van der Waals surface area contributed by atoms with E-state index in [1.54, 1.807) is 55.6 Å². The van der Waals surface area contributed by atoms with Crippen molar-refractivity contribution in [3.63, 3.8) is 0 Å². The molecule has 0 bridgehead atoms. The fourth-order valence-electron chi connectivity index (χ4n) is 2.24. The Hall–Kier alpha value is -3.41. The first-order valence-electron chi connectivity index (χ1n) is 7.94. The summed E-state index contributed by atoms with van der Waals surface area (Å²) in [5, 5.41) is 5.29. The summed E-state index contributed by atoms with van der Waals surface area (Å²) >= 11 is 0. The number of carbonyl (C=O) groups excluding carboxylic acids is 3. The Morgan fingerprint density at radius 2 is 1.65 bits per heavy atom. The highest BCUT2D eigenvalue weighted by Crippen LogP contribution is 2.18. The van der Waals surface area contributed by atoms with Gasteiger partial charge in [-0.05, 0) is 48.4 Å². The minimum atomic E-state index is -0.466. The molecule has 2 N–H and O–H groups in total. The number of methoxy groups -OCH3 is 1. The number of benzene rings is 2. The van der Waals surface area contributed by atoms with Gasteiger partial charge in [-0.25, -0.2) is 4.79 Å². The van der Waals surface area contributed by atoms with Crippen LogP contribution in [0.4, 0.5) is 5.69 Å². The smallest absolute Gasteiger partial charge is 0.337 e. The predicted molar refractivity (Wildman–Crippen MR) is 100 cm³/mol. The van der Waals surface area contributed by atoms with E-state index in [0.717, 1.165) is 11.1 Å². The van der Waals surface area contributed by atoms with Gasteiger partial charge in [0.15, 0.2) is 0 Å². The first-order chi connectivity index (χ1) is 12.4. The Balaban J connectivity index is 2.07. The second kappa shape index (κ2) is 8.62. The van der Waals surface area contributed by atoms with Crippen LogP contribution in [0, 0.1) is 6.92 Å². The summed E-state index contributed by atoms with van der Waals surface area (Å²) in [6.45, 7) is 1.83. The maximum Gasteiger partial charge on any atom is 0.337 e. The van der Waals surface area contributed by atoms with E-state index in [-0.39, 0.29) is 11.8 Å². The standard InChI is InChI=1S/C20H20N2O4/c1-13-4-8-16(20(25)26-3)12-17(13)22-18(23)11-7-14-5-9-15(10-6-14)19(24)21-2/h4-12H,1-3H3,(H,21,24)(H,22,23)/b11-7+. The first kappa shape index (κ1) is 18.9. The number of amides is 2. The monoisotopic (exact) mass is 352 g/mol. The Kier molecular flexibility index (Phi) is 6.27. The molecule has 6 heteroatoms. The maximum atomic E-state index is 12.1. The summed E-state index contributed by atoms with van der Waals surface area (Å²) in [7, 11) is 2.87. The van der Waals surface area contributed by atoms with E-state index in [2.05, 4.69) is 15.4 Å². The first-order valence-corrected chi connectivity index (χ1v) is 7.94. The van der Waals surface area contributed by atoms with Crippen molar-refractivity contribution in [3.8, 4) is 0 Å². The highest BCUT2D eigenvalue weighted by molar-refractivity contribution is 6.03. The van der Waals surface area contributed by atoms with Crippen LogP contribution in [-0.2, 0) is 9.53 Å². The number of ether oxygens (including phenoxy) is 1. The fraction of sp³-hybridized carbons (Fsp3) is 0.150. The van der Waals surface area contributed by atoms with Crippen LogP contribution in [0.5, 0.6) is 0 Å². The van der Waals surface area contributed by atoms with Crippen molar-refractivity contribution in [2.45, 2.75) is 6.92 Å². The Labute approximate surface area is 151 Å². The van der Waals surface area contributed by atoms with Crippen LogP contribution in [0.25, 0.3) is 6.08 Å². The molecule has 0 heterocycles. The van der Waals surface area contributed by atoms with Gasteiger partial charge >= 0.3 is 5.97 Å². The molecular weight excluding hydrogens is 332 g/mol. The van der Waals surface area contributed by atoms with Gasteiger partial charge in [0, 0.05) is 24.4 Å². The zero-order valence-corrected chi connectivity index (χ0v) is 14.8. The van der Waals surface area contributed by atoms with E-state index in [9.17, 15) is 14.4 Å². The number of hydrogen-bond acceptors (Lipinski definition) is 4. The lowest BCUT2D eigenvalue weighted by Gasteiger charge is -2.08. The molecule has 26 heavy (non-hydrogen) atoms. The summed E-state index contributed by atoms with van der Waals surface area (Å²) in [6.07, 6.45) is 3.03. The molecule has 0 saturated carbocycles. The van der Waals surface area contributed by atoms with Crippen LogP contribution in [0.15, 0.2) is 48.5 Å². The second-order valence-electron chi connectivity index (χ2n) is 5.54. The van der Waals surface area contributed by atoms with Crippen LogP contribution in [0.2, 0.25) is 0 Å². The molecule has 0 spiro atoms. The number of carbonyl (C=O) groups is 3. The zero-order valence-electron chi connectivity index (χ0n) is 14.8. The third-order valence-electron chi connectivity index (χ3n) is 3.74. The molecule has 2 rings (SSSR count). The van der Waals surface area contributed by atoms with Gasteiger partial charge in [0.1, 0.15) is 0 Å². The summed E-state index contributed by atoms with van der Waals surface area (Å²) in [5.41, 5.74) is 3.06. The average Bonchev–Trinajstić information content (AvgIpc) is 2.67. The normalized spacial score (nSPS) is 10.4. The fourth-order valence-corrected chi connectivity index (χ4v) is 2.24. The number of aryl methyl sites for hydroxylation is 1. The van der Waals surface area contributed by atoms with Crippen LogP contribution in [0.3, 0.4) is 0 Å². The summed E-state index contributed by atoms with van der Waals surface area (Å²) in [6, 6.07) is 11.8. The largest absolute Gasteiger partial charge is 0.465 e. The van der Waals surface area contributed by atoms with Gasteiger partial charge in [0.2, 0.25) is 5.91 Å². The molecule has 0 radical (unpaired) electrons. The van der Waals surface area contributed by atoms with E-state index >= 15 is 0 Å². The predicted octanol–water partition coefficient (Wildman–Crippen LogP) is 2.79. The van der Waals surface area contributed by atoms with Crippen molar-refractivity contribution in [1.82, 2.24) is 5.32 Å². The molecular formula is C20H20N2O4. The molecule has 0 aliphatic carbocycles. The molecule has 0 aliphatic heterocycles. The lowest BCUT2D eigenvalue weighted by molar-refractivity contribution is -0.111. The second-order valence-corrected chi connectivity index (χ2v) is 5.54. The third kappa shape index (κ3) is 4.80. The molecule has 6 nitrogen and oxygen atoms in total. The van der Waals surface area contributed by atoms with Crippen molar-refractivity contribution in [2.24, 2.45) is 0 Å². The lowest BCUT2D eigenvalue weighted by atomic mass is 10.1. The van der Waals surface area contributed by atoms with E-state index in [0.29, 0.717) is 16.8 Å². The zero-order chi connectivity index (χ0) is 19.1. The molecule has 2 amide bonds. The maximum absolute atomic E-state index is 12.1. The van der Waals surface area contributed by atoms with Gasteiger partial charge < -0.3 is 15.4 Å². The molecule has 0 aromatic heterocycles. The highest BCUT2D eigenvalue weighted by Gasteiger charge is 2.09. The van der Waals surface area contributed by atoms with Gasteiger partial charge in [-0.2, -0.15) is 0 Å². The third-order valence-corrected chi connectivity index (χ3v) is 3.74. The molecule has 0 atom stereocenters. The van der Waals surface area contributed by atoms with E-state index < -0.39 is 5.97 Å². The summed E-state index contributed by atoms with van der Waals surface area (Å²) < 4.78 is 4.68. The van der Waals surface area contributed by atoms with Crippen LogP contribution in [-0.4, -0.2) is 31.9 Å². The number of anilines is 1. The number of nitrogens with one attached hydrogen (secondary N) is 2. The van der Waals surface area contributed by atoms with Gasteiger partial charge in [-0.3, -0.25) is 9.59 Å². The van der Waals surface area contributed by atoms with E-state index in [1.807, 2.05) is 6.92 Å². The highest BCUT2D eigenvalue weighted by atomic mass is 16.5. The summed E-state index contributed by atoms with van der Waals surface area (Å²) in [4.78, 5) is 35.2. The number of esters is 1. The van der Waals surface area contributed by atoms with Crippen LogP contribution >= 0.6 is 0 Å². The molecule has 2 aromatic rings. The van der Waals surface area contributed by atoms with Crippen LogP contribution in [0.1, 0.15) is 31.8 Å². The molecule has 0 fully saturated rings. The van der Waals surface area contributed by atoms with Gasteiger partial charge in [0.25, 0.3) is 5.91 Å². The Morgan fingerprint density at radius 1 is 1.00 bits per heavy atom. The molecule has 0 aliphatic rings. The van der Waals surface area contributed by atoms with Crippen LogP contribution < -0.4 is 10.6 Å². The van der Waals surface area contributed by atoms with Crippen molar-refractivity contribution in [1.29, 1.82) is 0 Å². The minimum absolute atomic E-state index is 0.167. The SMILES string of the molecule is CNC(=O)c1ccc(/C=C/C(=O)Nc2cc(C(=O)OC)ccc2C)cc1. The quantitative estimate of drug-likeness (QED) is 0.640. The number of rotatable bonds is 5.